The summed E-state index contributed by atoms with van der Waals surface area (Å²) in [4.78, 5) is 15.7. The van der Waals surface area contributed by atoms with Crippen LogP contribution in [0.4, 0.5) is 10.9 Å². The predicted octanol–water partition coefficient (Wildman–Crippen LogP) is 6.30. The molecule has 0 saturated carbocycles. The summed E-state index contributed by atoms with van der Waals surface area (Å²) in [5, 5.41) is 7.48. The number of aryl methyl sites for hydroxylation is 2. The van der Waals surface area contributed by atoms with E-state index in [0.29, 0.717) is 5.92 Å². The van der Waals surface area contributed by atoms with E-state index in [1.165, 1.54) is 16.0 Å². The Kier molecular flexibility index (Phi) is 4.46. The second-order valence-electron chi connectivity index (χ2n) is 6.61. The van der Waals surface area contributed by atoms with Gasteiger partial charge in [-0.25, -0.2) is 15.0 Å². The summed E-state index contributed by atoms with van der Waals surface area (Å²) >= 11 is 3.29. The molecular weight excluding hydrogens is 360 g/mol. The Hall–Kier alpha value is -2.31. The summed E-state index contributed by atoms with van der Waals surface area (Å²) in [6, 6.07) is 8.78. The monoisotopic (exact) mass is 380 g/mol. The number of thiophene rings is 1. The Labute approximate surface area is 161 Å². The molecule has 4 aromatic rings. The largest absolute Gasteiger partial charge is 0.316 e. The highest BCUT2D eigenvalue weighted by Crippen LogP contribution is 2.38. The molecule has 0 radical (unpaired) electrons. The summed E-state index contributed by atoms with van der Waals surface area (Å²) < 4.78 is 0. The molecule has 0 spiro atoms. The minimum absolute atomic E-state index is 0.528. The molecule has 4 rings (SSSR count). The smallest absolute Gasteiger partial charge is 0.188 e. The van der Waals surface area contributed by atoms with E-state index in [2.05, 4.69) is 70.7 Å². The fraction of sp³-hybridized carbons (Fsp3) is 0.250. The van der Waals surface area contributed by atoms with Crippen LogP contribution in [0.3, 0.4) is 0 Å². The number of anilines is 2. The van der Waals surface area contributed by atoms with Gasteiger partial charge in [-0.05, 0) is 30.9 Å². The standard InChI is InChI=1S/C20H20N4S2/c1-11(2)14-5-7-15(8-6-14)16-9-25-19-17(16)18(21-10-22-19)24-20-23-12(3)13(4)26-20/h5-11H,1-4H3,(H,21,22,23,24). The van der Waals surface area contributed by atoms with Crippen LogP contribution in [-0.4, -0.2) is 15.0 Å². The minimum Gasteiger partial charge on any atom is -0.316 e. The summed E-state index contributed by atoms with van der Waals surface area (Å²) in [6.07, 6.45) is 1.61. The average molecular weight is 381 g/mol. The molecule has 0 aliphatic carbocycles. The molecule has 0 atom stereocenters. The van der Waals surface area contributed by atoms with Gasteiger partial charge in [-0.1, -0.05) is 38.1 Å². The predicted molar refractivity (Wildman–Crippen MR) is 112 cm³/mol. The third kappa shape index (κ3) is 3.10. The van der Waals surface area contributed by atoms with Crippen LogP contribution in [0.15, 0.2) is 36.0 Å². The van der Waals surface area contributed by atoms with E-state index in [9.17, 15) is 0 Å². The van der Waals surface area contributed by atoms with Gasteiger partial charge in [-0.15, -0.1) is 22.7 Å². The number of fused-ring (bicyclic) bond motifs is 1. The highest BCUT2D eigenvalue weighted by atomic mass is 32.1. The van der Waals surface area contributed by atoms with E-state index < -0.39 is 0 Å². The first-order valence-corrected chi connectivity index (χ1v) is 10.3. The maximum Gasteiger partial charge on any atom is 0.188 e. The van der Waals surface area contributed by atoms with Crippen LogP contribution < -0.4 is 5.32 Å². The van der Waals surface area contributed by atoms with E-state index in [1.807, 2.05) is 6.92 Å². The van der Waals surface area contributed by atoms with E-state index >= 15 is 0 Å². The van der Waals surface area contributed by atoms with Gasteiger partial charge in [0.15, 0.2) is 5.13 Å². The normalized spacial score (nSPS) is 11.4. The summed E-state index contributed by atoms with van der Waals surface area (Å²) in [7, 11) is 0. The summed E-state index contributed by atoms with van der Waals surface area (Å²) in [6.45, 7) is 8.53. The highest BCUT2D eigenvalue weighted by Gasteiger charge is 2.15. The lowest BCUT2D eigenvalue weighted by Crippen LogP contribution is -1.95. The van der Waals surface area contributed by atoms with Gasteiger partial charge in [0.25, 0.3) is 0 Å². The molecule has 1 N–H and O–H groups in total. The molecule has 3 aromatic heterocycles. The van der Waals surface area contributed by atoms with Crippen LogP contribution in [0.25, 0.3) is 21.3 Å². The zero-order valence-corrected chi connectivity index (χ0v) is 16.8. The molecule has 0 unspecified atom stereocenters. The lowest BCUT2D eigenvalue weighted by molar-refractivity contribution is 0.867. The quantitative estimate of drug-likeness (QED) is 0.451. The topological polar surface area (TPSA) is 50.7 Å². The molecule has 26 heavy (non-hydrogen) atoms. The van der Waals surface area contributed by atoms with Crippen molar-refractivity contribution in [1.29, 1.82) is 0 Å². The minimum atomic E-state index is 0.528. The number of aromatic nitrogens is 3. The van der Waals surface area contributed by atoms with E-state index in [-0.39, 0.29) is 0 Å². The zero-order valence-electron chi connectivity index (χ0n) is 15.2. The van der Waals surface area contributed by atoms with Gasteiger partial charge in [0.05, 0.1) is 11.1 Å². The number of benzene rings is 1. The van der Waals surface area contributed by atoms with Crippen molar-refractivity contribution in [1.82, 2.24) is 15.0 Å². The third-order valence-corrected chi connectivity index (χ3v) is 6.39. The Balaban J connectivity index is 1.79. The van der Waals surface area contributed by atoms with Crippen molar-refractivity contribution < 1.29 is 0 Å². The van der Waals surface area contributed by atoms with Crippen molar-refractivity contribution in [3.63, 3.8) is 0 Å². The van der Waals surface area contributed by atoms with Crippen LogP contribution in [0.1, 0.15) is 35.9 Å². The van der Waals surface area contributed by atoms with Crippen LogP contribution >= 0.6 is 22.7 Å². The lowest BCUT2D eigenvalue weighted by atomic mass is 9.99. The van der Waals surface area contributed by atoms with Crippen LogP contribution in [0.5, 0.6) is 0 Å². The van der Waals surface area contributed by atoms with Crippen molar-refractivity contribution in [2.45, 2.75) is 33.6 Å². The van der Waals surface area contributed by atoms with E-state index in [0.717, 1.165) is 32.4 Å². The molecule has 132 valence electrons. The second-order valence-corrected chi connectivity index (χ2v) is 8.68. The Bertz CT molecular complexity index is 1040. The molecule has 6 heteroatoms. The molecule has 0 amide bonds. The summed E-state index contributed by atoms with van der Waals surface area (Å²) in [5.41, 5.74) is 4.74. The molecule has 0 aliphatic rings. The van der Waals surface area contributed by atoms with Gasteiger partial charge in [0, 0.05) is 15.8 Å². The Morgan fingerprint density at radius 1 is 1.04 bits per heavy atom. The molecule has 4 nitrogen and oxygen atoms in total. The average Bonchev–Trinajstić information content (AvgIpc) is 3.19. The van der Waals surface area contributed by atoms with Crippen molar-refractivity contribution in [3.8, 4) is 11.1 Å². The van der Waals surface area contributed by atoms with Crippen LogP contribution in [0, 0.1) is 13.8 Å². The molecule has 0 aliphatic heterocycles. The van der Waals surface area contributed by atoms with Crippen molar-refractivity contribution in [2.75, 3.05) is 5.32 Å². The van der Waals surface area contributed by atoms with Gasteiger partial charge < -0.3 is 5.32 Å². The SMILES string of the molecule is Cc1nc(Nc2ncnc3scc(-c4ccc(C(C)C)cc4)c23)sc1C. The van der Waals surface area contributed by atoms with Gasteiger partial charge >= 0.3 is 0 Å². The third-order valence-electron chi connectivity index (χ3n) is 4.51. The number of thiazole rings is 1. The number of rotatable bonds is 4. The first-order chi connectivity index (χ1) is 12.5. The fourth-order valence-electron chi connectivity index (χ4n) is 2.86. The molecular formula is C20H20N4S2. The molecule has 0 bridgehead atoms. The Morgan fingerprint density at radius 3 is 2.46 bits per heavy atom. The second kappa shape index (κ2) is 6.78. The van der Waals surface area contributed by atoms with Gasteiger partial charge in [-0.3, -0.25) is 0 Å². The molecule has 3 heterocycles. The molecule has 0 saturated heterocycles. The summed E-state index contributed by atoms with van der Waals surface area (Å²) in [5.74, 6) is 1.34. The van der Waals surface area contributed by atoms with E-state index in [4.69, 9.17) is 0 Å². The van der Waals surface area contributed by atoms with Crippen molar-refractivity contribution >= 4 is 43.8 Å². The van der Waals surface area contributed by atoms with Crippen LogP contribution in [-0.2, 0) is 0 Å². The van der Waals surface area contributed by atoms with Gasteiger partial charge in [-0.2, -0.15) is 0 Å². The Morgan fingerprint density at radius 2 is 1.81 bits per heavy atom. The van der Waals surface area contributed by atoms with Crippen molar-refractivity contribution in [2.24, 2.45) is 0 Å². The first-order valence-electron chi connectivity index (χ1n) is 8.56. The number of nitrogens with zero attached hydrogens (tertiary/aromatic N) is 3. The number of hydrogen-bond acceptors (Lipinski definition) is 6. The highest BCUT2D eigenvalue weighted by molar-refractivity contribution is 7.17. The molecule has 1 aromatic carbocycles. The van der Waals surface area contributed by atoms with Gasteiger partial charge in [0.1, 0.15) is 17.0 Å². The molecule has 0 fully saturated rings. The van der Waals surface area contributed by atoms with Crippen molar-refractivity contribution in [3.05, 3.63) is 52.1 Å². The number of hydrogen-bond donors (Lipinski definition) is 1. The number of nitrogens with one attached hydrogen (secondary N) is 1. The first kappa shape index (κ1) is 17.1. The van der Waals surface area contributed by atoms with Gasteiger partial charge in [0.2, 0.25) is 0 Å². The zero-order chi connectivity index (χ0) is 18.3. The van der Waals surface area contributed by atoms with E-state index in [1.54, 1.807) is 29.0 Å². The lowest BCUT2D eigenvalue weighted by Gasteiger charge is -2.08. The van der Waals surface area contributed by atoms with Crippen LogP contribution in [0.2, 0.25) is 0 Å². The maximum atomic E-state index is 4.58. The fourth-order valence-corrected chi connectivity index (χ4v) is 4.59. The maximum absolute atomic E-state index is 4.58.